The van der Waals surface area contributed by atoms with Crippen molar-refractivity contribution < 1.29 is 10.2 Å². The van der Waals surface area contributed by atoms with Crippen molar-refractivity contribution in [2.45, 2.75) is 26.1 Å². The van der Waals surface area contributed by atoms with Gasteiger partial charge >= 0.3 is 0 Å². The first-order valence-electron chi connectivity index (χ1n) is 3.58. The van der Waals surface area contributed by atoms with Gasteiger partial charge < -0.3 is 10.2 Å². The molecule has 0 radical (unpaired) electrons. The van der Waals surface area contributed by atoms with E-state index in [1.165, 1.54) is 11.8 Å². The highest BCUT2D eigenvalue weighted by molar-refractivity contribution is 7.98. The number of hydrogen-bond acceptors (Lipinski definition) is 3. The average molecular weight is 176 g/mol. The van der Waals surface area contributed by atoms with E-state index >= 15 is 0 Å². The Labute approximate surface area is 72.3 Å². The third-order valence-electron chi connectivity index (χ3n) is 1.24. The molecular weight excluding hydrogens is 160 g/mol. The first kappa shape index (κ1) is 11.0. The largest absolute Gasteiger partial charge is 0.389 e. The van der Waals surface area contributed by atoms with E-state index in [0.29, 0.717) is 5.75 Å². The van der Waals surface area contributed by atoms with Crippen molar-refractivity contribution in [3.05, 3.63) is 11.6 Å². The highest BCUT2D eigenvalue weighted by Crippen LogP contribution is 2.04. The molecule has 11 heavy (non-hydrogen) atoms. The molecule has 2 atom stereocenters. The number of thioether (sulfide) groups is 1. The maximum Gasteiger partial charge on any atom is 0.0990 e. The number of aliphatic hydroxyl groups is 2. The summed E-state index contributed by atoms with van der Waals surface area (Å²) >= 11 is 1.53. The van der Waals surface area contributed by atoms with Gasteiger partial charge in [0.2, 0.25) is 0 Å². The van der Waals surface area contributed by atoms with E-state index in [0.717, 1.165) is 5.57 Å². The molecule has 0 amide bonds. The van der Waals surface area contributed by atoms with Crippen LogP contribution in [0, 0.1) is 0 Å². The lowest BCUT2D eigenvalue weighted by atomic mass is 10.1. The van der Waals surface area contributed by atoms with E-state index in [2.05, 4.69) is 0 Å². The maximum atomic E-state index is 9.28. The minimum absolute atomic E-state index is 0.574. The van der Waals surface area contributed by atoms with E-state index in [4.69, 9.17) is 0 Å². The topological polar surface area (TPSA) is 40.5 Å². The molecule has 0 rings (SSSR count). The van der Waals surface area contributed by atoms with E-state index in [9.17, 15) is 10.2 Å². The Morgan fingerprint density at radius 1 is 1.45 bits per heavy atom. The van der Waals surface area contributed by atoms with Crippen LogP contribution >= 0.6 is 11.8 Å². The first-order chi connectivity index (χ1) is 5.07. The zero-order chi connectivity index (χ0) is 8.85. The van der Waals surface area contributed by atoms with Crippen molar-refractivity contribution >= 4 is 11.8 Å². The van der Waals surface area contributed by atoms with Crippen molar-refractivity contribution in [2.75, 3.05) is 12.0 Å². The summed E-state index contributed by atoms with van der Waals surface area (Å²) in [6.07, 6.45) is 2.21. The van der Waals surface area contributed by atoms with Crippen LogP contribution in [0.2, 0.25) is 0 Å². The van der Waals surface area contributed by atoms with Gasteiger partial charge in [-0.15, -0.1) is 0 Å². The second-order valence-corrected chi connectivity index (χ2v) is 3.67. The van der Waals surface area contributed by atoms with Gasteiger partial charge in [-0.3, -0.25) is 0 Å². The Hall–Kier alpha value is 0.0100. The lowest BCUT2D eigenvalue weighted by Crippen LogP contribution is -2.26. The summed E-state index contributed by atoms with van der Waals surface area (Å²) < 4.78 is 0. The molecule has 0 fully saturated rings. The van der Waals surface area contributed by atoms with Gasteiger partial charge in [0.15, 0.2) is 0 Å². The molecule has 0 aliphatic heterocycles. The van der Waals surface area contributed by atoms with E-state index in [1.54, 1.807) is 6.08 Å². The van der Waals surface area contributed by atoms with Gasteiger partial charge in [-0.2, -0.15) is 11.8 Å². The number of rotatable bonds is 4. The van der Waals surface area contributed by atoms with Gasteiger partial charge in [0.05, 0.1) is 12.2 Å². The third-order valence-corrected chi connectivity index (χ3v) is 1.91. The highest BCUT2D eigenvalue weighted by Gasteiger charge is 2.11. The second kappa shape index (κ2) is 5.63. The fourth-order valence-corrected chi connectivity index (χ4v) is 1.26. The summed E-state index contributed by atoms with van der Waals surface area (Å²) in [7, 11) is 0. The number of aliphatic hydroxyl groups excluding tert-OH is 2. The first-order valence-corrected chi connectivity index (χ1v) is 4.97. The monoisotopic (exact) mass is 176 g/mol. The lowest BCUT2D eigenvalue weighted by molar-refractivity contribution is 0.0647. The van der Waals surface area contributed by atoms with Crippen LogP contribution in [0.15, 0.2) is 11.6 Å². The number of hydrogen-bond donors (Lipinski definition) is 2. The van der Waals surface area contributed by atoms with Gasteiger partial charge in [0.1, 0.15) is 0 Å². The molecular formula is C8H16O2S. The van der Waals surface area contributed by atoms with Crippen LogP contribution < -0.4 is 0 Å². The minimum Gasteiger partial charge on any atom is -0.389 e. The molecule has 0 aromatic heterocycles. The van der Waals surface area contributed by atoms with Crippen LogP contribution in [0.25, 0.3) is 0 Å². The highest BCUT2D eigenvalue weighted by atomic mass is 32.2. The molecule has 0 saturated heterocycles. The summed E-state index contributed by atoms with van der Waals surface area (Å²) in [5.74, 6) is 0.574. The zero-order valence-corrected chi connectivity index (χ0v) is 8.06. The van der Waals surface area contributed by atoms with Crippen LogP contribution in [0.5, 0.6) is 0 Å². The second-order valence-electron chi connectivity index (χ2n) is 2.76. The molecule has 2 N–H and O–H groups in total. The zero-order valence-electron chi connectivity index (χ0n) is 7.24. The number of allylic oxidation sites excluding steroid dienone is 1. The van der Waals surface area contributed by atoms with Crippen LogP contribution in [0.1, 0.15) is 13.8 Å². The van der Waals surface area contributed by atoms with Crippen molar-refractivity contribution in [2.24, 2.45) is 0 Å². The van der Waals surface area contributed by atoms with Gasteiger partial charge in [-0.1, -0.05) is 11.6 Å². The molecule has 0 aliphatic rings. The standard InChI is InChI=1S/C8H16O2S/c1-6(2)4-7(9)8(10)5-11-3/h4,7-10H,5H2,1-3H3. The van der Waals surface area contributed by atoms with Gasteiger partial charge in [0.25, 0.3) is 0 Å². The predicted octanol–water partition coefficient (Wildman–Crippen LogP) is 1.04. The molecule has 2 nitrogen and oxygen atoms in total. The quantitative estimate of drug-likeness (QED) is 0.629. The Morgan fingerprint density at radius 2 is 2.00 bits per heavy atom. The third kappa shape index (κ3) is 5.30. The molecule has 0 aromatic rings. The predicted molar refractivity (Wildman–Crippen MR) is 49.8 cm³/mol. The Bertz CT molecular complexity index is 130. The van der Waals surface area contributed by atoms with E-state index in [1.807, 2.05) is 20.1 Å². The Balaban J connectivity index is 3.82. The van der Waals surface area contributed by atoms with Crippen LogP contribution in [0.3, 0.4) is 0 Å². The summed E-state index contributed by atoms with van der Waals surface area (Å²) in [6.45, 7) is 3.80. The molecule has 0 bridgehead atoms. The van der Waals surface area contributed by atoms with E-state index < -0.39 is 12.2 Å². The molecule has 0 aromatic carbocycles. The minimum atomic E-state index is -0.715. The Kier molecular flexibility index (Phi) is 5.64. The average Bonchev–Trinajstić information content (AvgIpc) is 1.86. The fourth-order valence-electron chi connectivity index (χ4n) is 0.722. The van der Waals surface area contributed by atoms with Crippen LogP contribution in [-0.2, 0) is 0 Å². The van der Waals surface area contributed by atoms with E-state index in [-0.39, 0.29) is 0 Å². The summed E-state index contributed by atoms with van der Waals surface area (Å²) in [5, 5.41) is 18.5. The SMILES string of the molecule is CSCC(O)C(O)C=C(C)C. The molecule has 2 unspecified atom stereocenters. The summed E-state index contributed by atoms with van der Waals surface area (Å²) in [4.78, 5) is 0. The molecule has 66 valence electrons. The Morgan fingerprint density at radius 3 is 2.36 bits per heavy atom. The normalized spacial score (nSPS) is 15.7. The summed E-state index contributed by atoms with van der Waals surface area (Å²) in [6, 6.07) is 0. The van der Waals surface area contributed by atoms with Gasteiger partial charge in [0, 0.05) is 5.75 Å². The lowest BCUT2D eigenvalue weighted by Gasteiger charge is -2.13. The van der Waals surface area contributed by atoms with Crippen LogP contribution in [0.4, 0.5) is 0 Å². The van der Waals surface area contributed by atoms with Gasteiger partial charge in [-0.25, -0.2) is 0 Å². The van der Waals surface area contributed by atoms with Crippen molar-refractivity contribution in [3.8, 4) is 0 Å². The van der Waals surface area contributed by atoms with Crippen molar-refractivity contribution in [3.63, 3.8) is 0 Å². The van der Waals surface area contributed by atoms with Crippen molar-refractivity contribution in [1.29, 1.82) is 0 Å². The van der Waals surface area contributed by atoms with Crippen LogP contribution in [-0.4, -0.2) is 34.4 Å². The maximum absolute atomic E-state index is 9.28. The molecule has 3 heteroatoms. The molecule has 0 saturated carbocycles. The molecule has 0 heterocycles. The summed E-state index contributed by atoms with van der Waals surface area (Å²) in [5.41, 5.74) is 1.03. The van der Waals surface area contributed by atoms with Gasteiger partial charge in [-0.05, 0) is 20.1 Å². The molecule has 0 spiro atoms. The molecule has 0 aliphatic carbocycles. The smallest absolute Gasteiger partial charge is 0.0990 e. The van der Waals surface area contributed by atoms with Crippen molar-refractivity contribution in [1.82, 2.24) is 0 Å². The fraction of sp³-hybridized carbons (Fsp3) is 0.750.